The molecule has 114 valence electrons. The third-order valence-corrected chi connectivity index (χ3v) is 4.20. The molecule has 0 aliphatic carbocycles. The summed E-state index contributed by atoms with van der Waals surface area (Å²) in [5, 5.41) is 4.69. The number of halogens is 1. The van der Waals surface area contributed by atoms with Gasteiger partial charge in [-0.2, -0.15) is 5.10 Å². The molecule has 2 atom stereocenters. The topological polar surface area (TPSA) is 56.7 Å². The van der Waals surface area contributed by atoms with E-state index in [2.05, 4.69) is 58.9 Å². The van der Waals surface area contributed by atoms with Crippen molar-refractivity contribution >= 4 is 15.9 Å². The molecule has 1 heterocycles. The second kappa shape index (κ2) is 7.18. The summed E-state index contributed by atoms with van der Waals surface area (Å²) in [5.74, 6) is 1.89. The number of aromatic nitrogens is 3. The number of nitrogens with two attached hydrogens (primary N) is 1. The quantitative estimate of drug-likeness (QED) is 0.867. The number of rotatable bonds is 6. The fourth-order valence-electron chi connectivity index (χ4n) is 2.50. The fourth-order valence-corrected chi connectivity index (χ4v) is 2.92. The maximum absolute atomic E-state index is 6.40. The van der Waals surface area contributed by atoms with Gasteiger partial charge in [0.25, 0.3) is 0 Å². The van der Waals surface area contributed by atoms with E-state index in [4.69, 9.17) is 5.73 Å². The highest BCUT2D eigenvalue weighted by atomic mass is 79.9. The molecule has 0 fully saturated rings. The number of hydrogen-bond acceptors (Lipinski definition) is 3. The van der Waals surface area contributed by atoms with Crippen molar-refractivity contribution in [2.45, 2.75) is 52.1 Å². The first kappa shape index (κ1) is 16.2. The molecule has 1 aromatic heterocycles. The molecule has 1 aromatic carbocycles. The molecule has 2 N–H and O–H groups in total. The maximum Gasteiger partial charge on any atom is 0.150 e. The van der Waals surface area contributed by atoms with Gasteiger partial charge in [0.1, 0.15) is 5.82 Å². The minimum Gasteiger partial charge on any atom is -0.326 e. The van der Waals surface area contributed by atoms with Crippen LogP contribution in [0.4, 0.5) is 0 Å². The third kappa shape index (κ3) is 3.52. The predicted molar refractivity (Wildman–Crippen MR) is 89.3 cm³/mol. The molecule has 4 nitrogen and oxygen atoms in total. The average Bonchev–Trinajstić information content (AvgIpc) is 2.90. The summed E-state index contributed by atoms with van der Waals surface area (Å²) in [5.41, 5.74) is 7.57. The van der Waals surface area contributed by atoms with Gasteiger partial charge in [-0.1, -0.05) is 48.8 Å². The Morgan fingerprint density at radius 3 is 2.57 bits per heavy atom. The Morgan fingerprint density at radius 2 is 2.00 bits per heavy atom. The van der Waals surface area contributed by atoms with E-state index in [0.717, 1.165) is 35.4 Å². The van der Waals surface area contributed by atoms with Gasteiger partial charge in [0.05, 0.1) is 6.04 Å². The van der Waals surface area contributed by atoms with Crippen LogP contribution in [0, 0.1) is 0 Å². The molecule has 0 amide bonds. The van der Waals surface area contributed by atoms with Gasteiger partial charge in [-0.3, -0.25) is 0 Å². The zero-order chi connectivity index (χ0) is 15.4. The van der Waals surface area contributed by atoms with Crippen molar-refractivity contribution < 1.29 is 0 Å². The zero-order valence-corrected chi connectivity index (χ0v) is 14.5. The highest BCUT2D eigenvalue weighted by molar-refractivity contribution is 9.10. The Hall–Kier alpha value is -1.20. The summed E-state index contributed by atoms with van der Waals surface area (Å²) in [6, 6.07) is 8.33. The zero-order valence-electron chi connectivity index (χ0n) is 12.9. The van der Waals surface area contributed by atoms with E-state index in [9.17, 15) is 0 Å². The molecular formula is C16H23BrN4. The Labute approximate surface area is 134 Å². The minimum atomic E-state index is 0.0102. The summed E-state index contributed by atoms with van der Waals surface area (Å²) in [6.07, 6.45) is 2.59. The lowest BCUT2D eigenvalue weighted by Gasteiger charge is -2.25. The van der Waals surface area contributed by atoms with Gasteiger partial charge >= 0.3 is 0 Å². The van der Waals surface area contributed by atoms with Gasteiger partial charge in [-0.25, -0.2) is 9.67 Å². The first-order valence-electron chi connectivity index (χ1n) is 7.55. The number of nitrogens with zero attached hydrogens (tertiary/aromatic N) is 3. The van der Waals surface area contributed by atoms with Crippen LogP contribution < -0.4 is 5.73 Å². The molecule has 2 rings (SSSR count). The average molecular weight is 351 g/mol. The van der Waals surface area contributed by atoms with E-state index in [-0.39, 0.29) is 12.1 Å². The molecule has 2 unspecified atom stereocenters. The Morgan fingerprint density at radius 1 is 1.24 bits per heavy atom. The molecule has 21 heavy (non-hydrogen) atoms. The second-order valence-electron chi connectivity index (χ2n) is 5.17. The third-order valence-electron chi connectivity index (χ3n) is 3.71. The lowest BCUT2D eigenvalue weighted by atomic mass is 9.98. The van der Waals surface area contributed by atoms with Crippen molar-refractivity contribution in [2.75, 3.05) is 0 Å². The molecule has 0 saturated heterocycles. The number of hydrogen-bond donors (Lipinski definition) is 1. The molecular weight excluding hydrogens is 328 g/mol. The summed E-state index contributed by atoms with van der Waals surface area (Å²) in [6.45, 7) is 6.29. The largest absolute Gasteiger partial charge is 0.326 e. The predicted octanol–water partition coefficient (Wildman–Crippen LogP) is 3.49. The lowest BCUT2D eigenvalue weighted by molar-refractivity contribution is 0.409. The highest BCUT2D eigenvalue weighted by Gasteiger charge is 2.24. The van der Waals surface area contributed by atoms with Crippen LogP contribution in [0.15, 0.2) is 28.7 Å². The normalized spacial score (nSPS) is 14.1. The van der Waals surface area contributed by atoms with Crippen molar-refractivity contribution in [3.8, 4) is 0 Å². The van der Waals surface area contributed by atoms with Crippen molar-refractivity contribution in [2.24, 2.45) is 5.73 Å². The Balaban J connectivity index is 2.52. The van der Waals surface area contributed by atoms with E-state index in [1.807, 2.05) is 16.8 Å². The van der Waals surface area contributed by atoms with Gasteiger partial charge in [0.2, 0.25) is 0 Å². The first-order chi connectivity index (χ1) is 10.1. The van der Waals surface area contributed by atoms with Gasteiger partial charge in [0.15, 0.2) is 5.82 Å². The van der Waals surface area contributed by atoms with Gasteiger partial charge in [-0.15, -0.1) is 0 Å². The standard InChI is InChI=1S/C16H23BrN4/c1-4-13(18)16(11-8-7-9-12(17)10-11)21-15(6-3)19-14(5-2)20-21/h7-10,13,16H,4-6,18H2,1-3H3. The van der Waals surface area contributed by atoms with Gasteiger partial charge < -0.3 is 5.73 Å². The number of aryl methyl sites for hydroxylation is 2. The van der Waals surface area contributed by atoms with Crippen molar-refractivity contribution in [3.05, 3.63) is 46.0 Å². The molecule has 5 heteroatoms. The minimum absolute atomic E-state index is 0.0102. The Bertz CT molecular complexity index is 594. The van der Waals surface area contributed by atoms with E-state index < -0.39 is 0 Å². The lowest BCUT2D eigenvalue weighted by Crippen LogP contribution is -2.34. The van der Waals surface area contributed by atoms with Crippen LogP contribution in [0.2, 0.25) is 0 Å². The van der Waals surface area contributed by atoms with Crippen LogP contribution in [0.3, 0.4) is 0 Å². The summed E-state index contributed by atoms with van der Waals surface area (Å²) in [7, 11) is 0. The highest BCUT2D eigenvalue weighted by Crippen LogP contribution is 2.26. The van der Waals surface area contributed by atoms with Crippen molar-refractivity contribution in [1.82, 2.24) is 14.8 Å². The van der Waals surface area contributed by atoms with Crippen LogP contribution in [0.5, 0.6) is 0 Å². The maximum atomic E-state index is 6.40. The van der Waals surface area contributed by atoms with Gasteiger partial charge in [-0.05, 0) is 24.1 Å². The molecule has 0 bridgehead atoms. The summed E-state index contributed by atoms with van der Waals surface area (Å²) < 4.78 is 3.08. The van der Waals surface area contributed by atoms with Crippen molar-refractivity contribution in [3.63, 3.8) is 0 Å². The SMILES string of the molecule is CCc1nc(CC)n(C(c2cccc(Br)c2)C(N)CC)n1. The molecule has 0 saturated carbocycles. The molecule has 0 aliphatic heterocycles. The van der Waals surface area contributed by atoms with Crippen LogP contribution in [0.25, 0.3) is 0 Å². The van der Waals surface area contributed by atoms with E-state index in [1.54, 1.807) is 0 Å². The van der Waals surface area contributed by atoms with Crippen LogP contribution >= 0.6 is 15.9 Å². The smallest absolute Gasteiger partial charge is 0.150 e. The summed E-state index contributed by atoms with van der Waals surface area (Å²) in [4.78, 5) is 4.62. The first-order valence-corrected chi connectivity index (χ1v) is 8.35. The monoisotopic (exact) mass is 350 g/mol. The molecule has 0 spiro atoms. The van der Waals surface area contributed by atoms with Gasteiger partial charge in [0, 0.05) is 23.4 Å². The summed E-state index contributed by atoms with van der Waals surface area (Å²) >= 11 is 3.54. The molecule has 0 radical (unpaired) electrons. The van der Waals surface area contributed by atoms with E-state index in [0.29, 0.717) is 0 Å². The van der Waals surface area contributed by atoms with E-state index >= 15 is 0 Å². The van der Waals surface area contributed by atoms with Crippen molar-refractivity contribution in [1.29, 1.82) is 0 Å². The van der Waals surface area contributed by atoms with Crippen LogP contribution in [-0.2, 0) is 12.8 Å². The second-order valence-corrected chi connectivity index (χ2v) is 6.08. The van der Waals surface area contributed by atoms with E-state index in [1.165, 1.54) is 5.56 Å². The van der Waals surface area contributed by atoms with Crippen LogP contribution in [0.1, 0.15) is 50.4 Å². The Kier molecular flexibility index (Phi) is 5.53. The molecule has 2 aromatic rings. The fraction of sp³-hybridized carbons (Fsp3) is 0.500. The van der Waals surface area contributed by atoms with Crippen LogP contribution in [-0.4, -0.2) is 20.8 Å². The molecule has 0 aliphatic rings. The number of benzene rings is 1.